The molecule has 0 saturated heterocycles. The summed E-state index contributed by atoms with van der Waals surface area (Å²) in [5, 5.41) is 0. The molecule has 0 fully saturated rings. The molecule has 4 heteroatoms. The maximum absolute atomic E-state index is 11.6. The summed E-state index contributed by atoms with van der Waals surface area (Å²) in [6, 6.07) is 3.45. The zero-order chi connectivity index (χ0) is 10.6. The van der Waals surface area contributed by atoms with Crippen LogP contribution in [-0.2, 0) is 4.74 Å². The number of nitrogen functional groups attached to an aromatic ring is 1. The van der Waals surface area contributed by atoms with E-state index in [1.807, 2.05) is 6.92 Å². The molecule has 0 aliphatic carbocycles. The van der Waals surface area contributed by atoms with Crippen molar-refractivity contribution in [2.24, 2.45) is 0 Å². The van der Waals surface area contributed by atoms with Crippen LogP contribution in [0.5, 0.6) is 0 Å². The van der Waals surface area contributed by atoms with Gasteiger partial charge in [0.05, 0.1) is 18.3 Å². The summed E-state index contributed by atoms with van der Waals surface area (Å²) < 4.78 is 6.67. The maximum atomic E-state index is 11.6. The standard InChI is InChI=1S/C10H16N2O2/c1-3-8(7-14-2)12-6-4-5-9(11)10(12)13/h4-6,8H,3,7,11H2,1-2H3. The summed E-state index contributed by atoms with van der Waals surface area (Å²) in [5.41, 5.74) is 5.67. The van der Waals surface area contributed by atoms with Gasteiger partial charge in [-0.25, -0.2) is 0 Å². The van der Waals surface area contributed by atoms with Crippen molar-refractivity contribution >= 4 is 5.69 Å². The minimum Gasteiger partial charge on any atom is -0.394 e. The van der Waals surface area contributed by atoms with Gasteiger partial charge >= 0.3 is 0 Å². The van der Waals surface area contributed by atoms with Gasteiger partial charge in [-0.15, -0.1) is 0 Å². The van der Waals surface area contributed by atoms with Crippen LogP contribution < -0.4 is 11.3 Å². The predicted molar refractivity (Wildman–Crippen MR) is 56.3 cm³/mol. The number of nitrogens with two attached hydrogens (primary N) is 1. The van der Waals surface area contributed by atoms with E-state index in [4.69, 9.17) is 10.5 Å². The van der Waals surface area contributed by atoms with Crippen LogP contribution in [0.15, 0.2) is 23.1 Å². The van der Waals surface area contributed by atoms with Crippen LogP contribution in [-0.4, -0.2) is 18.3 Å². The highest BCUT2D eigenvalue weighted by Crippen LogP contribution is 2.09. The second kappa shape index (κ2) is 4.81. The molecule has 1 unspecified atom stereocenters. The summed E-state index contributed by atoms with van der Waals surface area (Å²) in [6.07, 6.45) is 2.59. The van der Waals surface area contributed by atoms with Crippen molar-refractivity contribution in [1.82, 2.24) is 4.57 Å². The first-order valence-electron chi connectivity index (χ1n) is 4.66. The summed E-state index contributed by atoms with van der Waals surface area (Å²) >= 11 is 0. The summed E-state index contributed by atoms with van der Waals surface area (Å²) in [6.45, 7) is 2.54. The number of pyridine rings is 1. The number of methoxy groups -OCH3 is 1. The van der Waals surface area contributed by atoms with Crippen molar-refractivity contribution in [1.29, 1.82) is 0 Å². The van der Waals surface area contributed by atoms with E-state index in [1.54, 1.807) is 30.0 Å². The van der Waals surface area contributed by atoms with Gasteiger partial charge < -0.3 is 15.0 Å². The van der Waals surface area contributed by atoms with Gasteiger partial charge in [0, 0.05) is 13.3 Å². The molecule has 1 aromatic heterocycles. The number of anilines is 1. The Balaban J connectivity index is 3.04. The fourth-order valence-corrected chi connectivity index (χ4v) is 1.40. The quantitative estimate of drug-likeness (QED) is 0.782. The number of hydrogen-bond donors (Lipinski definition) is 1. The van der Waals surface area contributed by atoms with Gasteiger partial charge in [-0.2, -0.15) is 0 Å². The van der Waals surface area contributed by atoms with Crippen LogP contribution in [0.25, 0.3) is 0 Å². The van der Waals surface area contributed by atoms with Crippen LogP contribution in [0.1, 0.15) is 19.4 Å². The molecule has 78 valence electrons. The van der Waals surface area contributed by atoms with Gasteiger partial charge in [-0.3, -0.25) is 4.79 Å². The lowest BCUT2D eigenvalue weighted by atomic mass is 10.2. The van der Waals surface area contributed by atoms with E-state index in [0.717, 1.165) is 6.42 Å². The Labute approximate surface area is 83.3 Å². The van der Waals surface area contributed by atoms with Crippen molar-refractivity contribution in [3.63, 3.8) is 0 Å². The average molecular weight is 196 g/mol. The van der Waals surface area contributed by atoms with E-state index in [-0.39, 0.29) is 17.3 Å². The summed E-state index contributed by atoms with van der Waals surface area (Å²) in [5.74, 6) is 0. The summed E-state index contributed by atoms with van der Waals surface area (Å²) in [7, 11) is 1.62. The highest BCUT2D eigenvalue weighted by atomic mass is 16.5. The lowest BCUT2D eigenvalue weighted by molar-refractivity contribution is 0.151. The largest absolute Gasteiger partial charge is 0.394 e. The van der Waals surface area contributed by atoms with Gasteiger partial charge in [0.2, 0.25) is 0 Å². The average Bonchev–Trinajstić information content (AvgIpc) is 2.19. The number of nitrogens with zero attached hydrogens (tertiary/aromatic N) is 1. The number of hydrogen-bond acceptors (Lipinski definition) is 3. The SMILES string of the molecule is CCC(COC)n1cccc(N)c1=O. The van der Waals surface area contributed by atoms with E-state index in [0.29, 0.717) is 6.61 Å². The van der Waals surface area contributed by atoms with Crippen molar-refractivity contribution in [2.75, 3.05) is 19.5 Å². The molecule has 0 bridgehead atoms. The smallest absolute Gasteiger partial charge is 0.273 e. The fourth-order valence-electron chi connectivity index (χ4n) is 1.40. The normalized spacial score (nSPS) is 12.7. The number of aromatic nitrogens is 1. The molecule has 1 atom stereocenters. The zero-order valence-electron chi connectivity index (χ0n) is 8.56. The lowest BCUT2D eigenvalue weighted by Gasteiger charge is -2.17. The molecule has 1 rings (SSSR count). The van der Waals surface area contributed by atoms with Gasteiger partial charge in [0.1, 0.15) is 0 Å². The lowest BCUT2D eigenvalue weighted by Crippen LogP contribution is -2.28. The van der Waals surface area contributed by atoms with E-state index < -0.39 is 0 Å². The van der Waals surface area contributed by atoms with Gasteiger partial charge in [0.25, 0.3) is 5.56 Å². The molecule has 0 aromatic carbocycles. The van der Waals surface area contributed by atoms with E-state index in [1.165, 1.54) is 0 Å². The van der Waals surface area contributed by atoms with Crippen molar-refractivity contribution in [3.8, 4) is 0 Å². The minimum atomic E-state index is -0.142. The second-order valence-corrected chi connectivity index (χ2v) is 3.19. The molecule has 2 N–H and O–H groups in total. The highest BCUT2D eigenvalue weighted by Gasteiger charge is 2.10. The summed E-state index contributed by atoms with van der Waals surface area (Å²) in [4.78, 5) is 11.6. The number of rotatable bonds is 4. The minimum absolute atomic E-state index is 0.0657. The second-order valence-electron chi connectivity index (χ2n) is 3.19. The van der Waals surface area contributed by atoms with Crippen LogP contribution in [0.3, 0.4) is 0 Å². The molecule has 0 radical (unpaired) electrons. The monoisotopic (exact) mass is 196 g/mol. The van der Waals surface area contributed by atoms with E-state index in [9.17, 15) is 4.79 Å². The molecule has 1 heterocycles. The van der Waals surface area contributed by atoms with Crippen molar-refractivity contribution in [3.05, 3.63) is 28.7 Å². The van der Waals surface area contributed by atoms with Crippen LogP contribution in [0, 0.1) is 0 Å². The molecular weight excluding hydrogens is 180 g/mol. The number of ether oxygens (including phenoxy) is 1. The van der Waals surface area contributed by atoms with Crippen LogP contribution in [0.4, 0.5) is 5.69 Å². The Morgan fingerprint density at radius 2 is 2.36 bits per heavy atom. The van der Waals surface area contributed by atoms with Crippen molar-refractivity contribution in [2.45, 2.75) is 19.4 Å². The Kier molecular flexibility index (Phi) is 3.71. The van der Waals surface area contributed by atoms with Crippen LogP contribution >= 0.6 is 0 Å². The maximum Gasteiger partial charge on any atom is 0.273 e. The first-order chi connectivity index (χ1) is 6.70. The van der Waals surface area contributed by atoms with Crippen LogP contribution in [0.2, 0.25) is 0 Å². The molecule has 0 aliphatic rings. The van der Waals surface area contributed by atoms with Gasteiger partial charge in [0.15, 0.2) is 0 Å². The Morgan fingerprint density at radius 1 is 1.64 bits per heavy atom. The Morgan fingerprint density at radius 3 is 2.93 bits per heavy atom. The predicted octanol–water partition coefficient (Wildman–Crippen LogP) is 1.03. The van der Waals surface area contributed by atoms with E-state index >= 15 is 0 Å². The molecule has 0 aliphatic heterocycles. The highest BCUT2D eigenvalue weighted by molar-refractivity contribution is 5.33. The van der Waals surface area contributed by atoms with Gasteiger partial charge in [-0.1, -0.05) is 6.92 Å². The first-order valence-corrected chi connectivity index (χ1v) is 4.66. The molecule has 0 spiro atoms. The topological polar surface area (TPSA) is 57.2 Å². The molecular formula is C10H16N2O2. The fraction of sp³-hybridized carbons (Fsp3) is 0.500. The Hall–Kier alpha value is -1.29. The van der Waals surface area contributed by atoms with E-state index in [2.05, 4.69) is 0 Å². The molecule has 4 nitrogen and oxygen atoms in total. The molecule has 0 saturated carbocycles. The molecule has 1 aromatic rings. The molecule has 14 heavy (non-hydrogen) atoms. The first kappa shape index (κ1) is 10.8. The zero-order valence-corrected chi connectivity index (χ0v) is 8.56. The third-order valence-corrected chi connectivity index (χ3v) is 2.23. The van der Waals surface area contributed by atoms with Gasteiger partial charge in [-0.05, 0) is 18.6 Å². The third-order valence-electron chi connectivity index (χ3n) is 2.23. The Bertz CT molecular complexity index is 346. The van der Waals surface area contributed by atoms with Crippen molar-refractivity contribution < 1.29 is 4.74 Å². The molecule has 0 amide bonds. The third kappa shape index (κ3) is 2.14.